The number of nitrogen functional groups attached to an aromatic ring is 1. The maximum Gasteiger partial charge on any atom is 0.220 e. The molecule has 3 heterocycles. The fraction of sp³-hybridized carbons (Fsp3) is 0.438. The van der Waals surface area contributed by atoms with E-state index in [0.29, 0.717) is 43.5 Å². The number of carbonyl (C=O) groups is 1. The van der Waals surface area contributed by atoms with Crippen molar-refractivity contribution in [3.05, 3.63) is 35.5 Å². The molecule has 7 nitrogen and oxygen atoms in total. The largest absolute Gasteiger partial charge is 0.470 e. The Kier molecular flexibility index (Phi) is 5.60. The Labute approximate surface area is 144 Å². The van der Waals surface area contributed by atoms with E-state index in [1.54, 1.807) is 12.3 Å². The molecule has 2 unspecified atom stereocenters. The van der Waals surface area contributed by atoms with Gasteiger partial charge in [-0.2, -0.15) is 0 Å². The minimum absolute atomic E-state index is 0.0249. The SMILES string of the molecule is Nc1nc(CCC(=O)NC2CCOCC2Oc2ccccn2)cs1. The number of pyridine rings is 1. The third-order valence-electron chi connectivity index (χ3n) is 3.74. The summed E-state index contributed by atoms with van der Waals surface area (Å²) in [4.78, 5) is 20.5. The molecule has 0 aliphatic carbocycles. The van der Waals surface area contributed by atoms with Crippen molar-refractivity contribution in [1.82, 2.24) is 15.3 Å². The third kappa shape index (κ3) is 4.65. The molecule has 1 fully saturated rings. The van der Waals surface area contributed by atoms with Gasteiger partial charge in [0.05, 0.1) is 18.3 Å². The molecule has 2 aromatic heterocycles. The van der Waals surface area contributed by atoms with E-state index in [1.165, 1.54) is 11.3 Å². The fourth-order valence-corrected chi connectivity index (χ4v) is 3.12. The Morgan fingerprint density at radius 3 is 3.17 bits per heavy atom. The van der Waals surface area contributed by atoms with Crippen LogP contribution in [0.3, 0.4) is 0 Å². The number of nitrogens with two attached hydrogens (primary N) is 1. The van der Waals surface area contributed by atoms with Crippen LogP contribution in [0.25, 0.3) is 0 Å². The lowest BCUT2D eigenvalue weighted by atomic mass is 10.1. The van der Waals surface area contributed by atoms with Crippen LogP contribution in [-0.4, -0.2) is 41.2 Å². The second-order valence-electron chi connectivity index (χ2n) is 5.54. The normalized spacial score (nSPS) is 20.5. The van der Waals surface area contributed by atoms with Gasteiger partial charge in [-0.15, -0.1) is 11.3 Å². The number of hydrogen-bond donors (Lipinski definition) is 2. The number of rotatable bonds is 6. The van der Waals surface area contributed by atoms with Crippen LogP contribution in [0.4, 0.5) is 5.13 Å². The summed E-state index contributed by atoms with van der Waals surface area (Å²) < 4.78 is 11.3. The summed E-state index contributed by atoms with van der Waals surface area (Å²) in [6.07, 6.45) is 3.09. The van der Waals surface area contributed by atoms with Crippen LogP contribution in [0.5, 0.6) is 5.88 Å². The molecule has 2 atom stereocenters. The van der Waals surface area contributed by atoms with Gasteiger partial charge in [-0.1, -0.05) is 6.07 Å². The summed E-state index contributed by atoms with van der Waals surface area (Å²) in [6, 6.07) is 5.39. The molecule has 24 heavy (non-hydrogen) atoms. The number of thiazole rings is 1. The van der Waals surface area contributed by atoms with E-state index in [-0.39, 0.29) is 18.1 Å². The van der Waals surface area contributed by atoms with Crippen LogP contribution in [0.15, 0.2) is 29.8 Å². The van der Waals surface area contributed by atoms with Crippen molar-refractivity contribution < 1.29 is 14.3 Å². The summed E-state index contributed by atoms with van der Waals surface area (Å²) >= 11 is 1.38. The van der Waals surface area contributed by atoms with Crippen molar-refractivity contribution >= 4 is 22.4 Å². The molecule has 128 valence electrons. The minimum atomic E-state index is -0.243. The molecule has 0 bridgehead atoms. The first-order valence-corrected chi connectivity index (χ1v) is 8.73. The highest BCUT2D eigenvalue weighted by molar-refractivity contribution is 7.13. The molecule has 1 saturated heterocycles. The van der Waals surface area contributed by atoms with Gasteiger partial charge < -0.3 is 20.5 Å². The molecule has 3 rings (SSSR count). The third-order valence-corrected chi connectivity index (χ3v) is 4.46. The first kappa shape index (κ1) is 16.7. The van der Waals surface area contributed by atoms with Gasteiger partial charge in [-0.25, -0.2) is 9.97 Å². The first-order valence-electron chi connectivity index (χ1n) is 7.85. The first-order chi connectivity index (χ1) is 11.7. The molecule has 1 amide bonds. The molecule has 0 saturated carbocycles. The second kappa shape index (κ2) is 8.07. The van der Waals surface area contributed by atoms with Crippen molar-refractivity contribution in [2.24, 2.45) is 0 Å². The Hall–Kier alpha value is -2.19. The average Bonchev–Trinajstić information content (AvgIpc) is 3.01. The van der Waals surface area contributed by atoms with Gasteiger partial charge in [0.25, 0.3) is 0 Å². The van der Waals surface area contributed by atoms with Crippen molar-refractivity contribution in [3.63, 3.8) is 0 Å². The summed E-state index contributed by atoms with van der Waals surface area (Å²) in [6.45, 7) is 1.04. The molecular formula is C16H20N4O3S. The summed E-state index contributed by atoms with van der Waals surface area (Å²) in [5.74, 6) is 0.508. The molecule has 1 aliphatic rings. The molecule has 0 aromatic carbocycles. The predicted octanol–water partition coefficient (Wildman–Crippen LogP) is 1.41. The van der Waals surface area contributed by atoms with Crippen LogP contribution < -0.4 is 15.8 Å². The zero-order valence-electron chi connectivity index (χ0n) is 13.2. The number of carbonyl (C=O) groups excluding carboxylic acids is 1. The highest BCUT2D eigenvalue weighted by atomic mass is 32.1. The quantitative estimate of drug-likeness (QED) is 0.819. The van der Waals surface area contributed by atoms with Gasteiger partial charge in [0, 0.05) is 30.7 Å². The number of aromatic nitrogens is 2. The van der Waals surface area contributed by atoms with Crippen LogP contribution in [0.2, 0.25) is 0 Å². The van der Waals surface area contributed by atoms with Crippen LogP contribution in [0, 0.1) is 0 Å². The molecule has 2 aromatic rings. The molecule has 0 spiro atoms. The minimum Gasteiger partial charge on any atom is -0.470 e. The number of aryl methyl sites for hydroxylation is 1. The van der Waals surface area contributed by atoms with E-state index in [1.807, 2.05) is 17.5 Å². The highest BCUT2D eigenvalue weighted by Crippen LogP contribution is 2.16. The molecule has 0 radical (unpaired) electrons. The zero-order chi connectivity index (χ0) is 16.8. The lowest BCUT2D eigenvalue weighted by Gasteiger charge is -2.32. The van der Waals surface area contributed by atoms with E-state index in [2.05, 4.69) is 15.3 Å². The maximum atomic E-state index is 12.2. The van der Waals surface area contributed by atoms with Crippen molar-refractivity contribution in [2.75, 3.05) is 18.9 Å². The number of hydrogen-bond acceptors (Lipinski definition) is 7. The van der Waals surface area contributed by atoms with Gasteiger partial charge in [-0.05, 0) is 18.9 Å². The highest BCUT2D eigenvalue weighted by Gasteiger charge is 2.29. The Morgan fingerprint density at radius 2 is 2.42 bits per heavy atom. The van der Waals surface area contributed by atoms with Crippen molar-refractivity contribution in [2.45, 2.75) is 31.4 Å². The van der Waals surface area contributed by atoms with Gasteiger partial charge in [0.15, 0.2) is 5.13 Å². The fourth-order valence-electron chi connectivity index (χ4n) is 2.52. The van der Waals surface area contributed by atoms with E-state index >= 15 is 0 Å². The van der Waals surface area contributed by atoms with Crippen molar-refractivity contribution in [1.29, 1.82) is 0 Å². The number of amides is 1. The smallest absolute Gasteiger partial charge is 0.220 e. The van der Waals surface area contributed by atoms with E-state index in [0.717, 1.165) is 5.69 Å². The number of anilines is 1. The molecule has 3 N–H and O–H groups in total. The van der Waals surface area contributed by atoms with E-state index in [9.17, 15) is 4.79 Å². The molecule has 8 heteroatoms. The Bertz CT molecular complexity index is 664. The Morgan fingerprint density at radius 1 is 1.50 bits per heavy atom. The lowest BCUT2D eigenvalue weighted by molar-refractivity contribution is -0.124. The lowest BCUT2D eigenvalue weighted by Crippen LogP contribution is -2.51. The second-order valence-corrected chi connectivity index (χ2v) is 6.43. The number of ether oxygens (including phenoxy) is 2. The standard InChI is InChI=1S/C16H20N4O3S/c17-16-19-11(10-24-16)4-5-14(21)20-12-6-8-22-9-13(12)23-15-3-1-2-7-18-15/h1-3,7,10,12-13H,4-6,8-9H2,(H2,17,19)(H,20,21). The molecule has 1 aliphatic heterocycles. The number of nitrogens with one attached hydrogen (secondary N) is 1. The number of nitrogens with zero attached hydrogens (tertiary/aromatic N) is 2. The van der Waals surface area contributed by atoms with Crippen LogP contribution in [-0.2, 0) is 16.0 Å². The molecular weight excluding hydrogens is 328 g/mol. The van der Waals surface area contributed by atoms with Gasteiger partial charge in [0.1, 0.15) is 6.10 Å². The van der Waals surface area contributed by atoms with Gasteiger partial charge >= 0.3 is 0 Å². The van der Waals surface area contributed by atoms with E-state index in [4.69, 9.17) is 15.2 Å². The van der Waals surface area contributed by atoms with Crippen LogP contribution in [0.1, 0.15) is 18.5 Å². The topological polar surface area (TPSA) is 99.4 Å². The van der Waals surface area contributed by atoms with Gasteiger partial charge in [-0.3, -0.25) is 4.79 Å². The van der Waals surface area contributed by atoms with E-state index < -0.39 is 0 Å². The maximum absolute atomic E-state index is 12.2. The Balaban J connectivity index is 1.52. The predicted molar refractivity (Wildman–Crippen MR) is 90.9 cm³/mol. The average molecular weight is 348 g/mol. The summed E-state index contributed by atoms with van der Waals surface area (Å²) in [5.41, 5.74) is 6.44. The zero-order valence-corrected chi connectivity index (χ0v) is 14.0. The summed E-state index contributed by atoms with van der Waals surface area (Å²) in [5, 5.41) is 5.44. The van der Waals surface area contributed by atoms with Gasteiger partial charge in [0.2, 0.25) is 11.8 Å². The van der Waals surface area contributed by atoms with Crippen LogP contribution >= 0.6 is 11.3 Å². The monoisotopic (exact) mass is 348 g/mol. The summed E-state index contributed by atoms with van der Waals surface area (Å²) in [7, 11) is 0. The van der Waals surface area contributed by atoms with Crippen molar-refractivity contribution in [3.8, 4) is 5.88 Å².